The Morgan fingerprint density at radius 2 is 2.09 bits per heavy atom. The molecule has 0 bridgehead atoms. The van der Waals surface area contributed by atoms with E-state index in [4.69, 9.17) is 4.74 Å². The van der Waals surface area contributed by atoms with Gasteiger partial charge in [-0.25, -0.2) is 0 Å². The molecule has 3 aromatic rings. The van der Waals surface area contributed by atoms with Crippen molar-refractivity contribution in [3.8, 4) is 6.07 Å². The van der Waals surface area contributed by atoms with Crippen LogP contribution >= 0.6 is 0 Å². The average molecular weight is 444 g/mol. The molecule has 1 aliphatic heterocycles. The third-order valence-corrected chi connectivity index (χ3v) is 6.07. The molecule has 33 heavy (non-hydrogen) atoms. The highest BCUT2D eigenvalue weighted by atomic mass is 16.5. The maximum absolute atomic E-state index is 12.7. The molecule has 1 atom stereocenters. The van der Waals surface area contributed by atoms with Crippen molar-refractivity contribution in [2.24, 2.45) is 0 Å². The van der Waals surface area contributed by atoms with Crippen LogP contribution in [-0.2, 0) is 29.2 Å². The van der Waals surface area contributed by atoms with Crippen LogP contribution in [-0.4, -0.2) is 33.0 Å². The minimum absolute atomic E-state index is 0.0997. The number of aryl methyl sites for hydroxylation is 1. The zero-order valence-corrected chi connectivity index (χ0v) is 19.1. The summed E-state index contributed by atoms with van der Waals surface area (Å²) < 4.78 is 9.83. The molecule has 1 aromatic carbocycles. The van der Waals surface area contributed by atoms with Gasteiger partial charge < -0.3 is 14.6 Å². The lowest BCUT2D eigenvalue weighted by Crippen LogP contribution is -2.24. The number of nitrogens with one attached hydrogen (secondary N) is 1. The van der Waals surface area contributed by atoms with E-state index in [2.05, 4.69) is 21.1 Å². The topological polar surface area (TPSA) is 84.9 Å². The SMILES string of the molecule is Cc1cc(/C=C(/C#N)C(=O)NCc2ccc(Cn3cccn3)cc2)c(C)n1CC1CCCO1. The van der Waals surface area contributed by atoms with Crippen LogP contribution in [0.25, 0.3) is 6.08 Å². The smallest absolute Gasteiger partial charge is 0.262 e. The largest absolute Gasteiger partial charge is 0.376 e. The highest BCUT2D eigenvalue weighted by Crippen LogP contribution is 2.22. The van der Waals surface area contributed by atoms with Gasteiger partial charge in [0.2, 0.25) is 0 Å². The Morgan fingerprint density at radius 3 is 2.76 bits per heavy atom. The monoisotopic (exact) mass is 443 g/mol. The van der Waals surface area contributed by atoms with Crippen molar-refractivity contribution in [2.75, 3.05) is 6.61 Å². The van der Waals surface area contributed by atoms with Crippen molar-refractivity contribution in [1.29, 1.82) is 5.26 Å². The van der Waals surface area contributed by atoms with Gasteiger partial charge in [-0.1, -0.05) is 24.3 Å². The predicted octanol–water partition coefficient (Wildman–Crippen LogP) is 3.75. The summed E-state index contributed by atoms with van der Waals surface area (Å²) in [5.41, 5.74) is 5.23. The zero-order valence-electron chi connectivity index (χ0n) is 19.1. The predicted molar refractivity (Wildman–Crippen MR) is 126 cm³/mol. The number of hydrogen-bond acceptors (Lipinski definition) is 4. The lowest BCUT2D eigenvalue weighted by atomic mass is 10.1. The summed E-state index contributed by atoms with van der Waals surface area (Å²) in [4.78, 5) is 12.7. The molecule has 1 saturated heterocycles. The van der Waals surface area contributed by atoms with E-state index in [9.17, 15) is 10.1 Å². The summed E-state index contributed by atoms with van der Waals surface area (Å²) in [6.07, 6.45) is 7.75. The molecule has 0 aliphatic carbocycles. The Hall–Kier alpha value is -3.63. The summed E-state index contributed by atoms with van der Waals surface area (Å²) in [7, 11) is 0. The van der Waals surface area contributed by atoms with Gasteiger partial charge in [-0.3, -0.25) is 9.48 Å². The second-order valence-corrected chi connectivity index (χ2v) is 8.44. The number of aromatic nitrogens is 3. The highest BCUT2D eigenvalue weighted by Gasteiger charge is 2.19. The van der Waals surface area contributed by atoms with E-state index >= 15 is 0 Å². The Labute approximate surface area is 194 Å². The molecule has 7 heteroatoms. The fourth-order valence-corrected chi connectivity index (χ4v) is 4.17. The molecule has 1 unspecified atom stereocenters. The van der Waals surface area contributed by atoms with E-state index < -0.39 is 0 Å². The first-order valence-corrected chi connectivity index (χ1v) is 11.3. The molecule has 1 fully saturated rings. The lowest BCUT2D eigenvalue weighted by molar-refractivity contribution is -0.117. The van der Waals surface area contributed by atoms with Crippen molar-refractivity contribution >= 4 is 12.0 Å². The van der Waals surface area contributed by atoms with Gasteiger partial charge in [0.25, 0.3) is 5.91 Å². The standard InChI is InChI=1S/C26H29N5O2/c1-19-13-23(20(2)31(19)18-25-5-3-12-33-25)14-24(15-27)26(32)28-16-21-6-8-22(9-7-21)17-30-11-4-10-29-30/h4,6-11,13-14,25H,3,5,12,16-18H2,1-2H3,(H,28,32)/b24-14-. The molecule has 170 valence electrons. The summed E-state index contributed by atoms with van der Waals surface area (Å²) >= 11 is 0. The van der Waals surface area contributed by atoms with E-state index in [-0.39, 0.29) is 17.6 Å². The van der Waals surface area contributed by atoms with Crippen LogP contribution in [0.2, 0.25) is 0 Å². The number of nitrogens with zero attached hydrogens (tertiary/aromatic N) is 4. The van der Waals surface area contributed by atoms with Crippen molar-refractivity contribution < 1.29 is 9.53 Å². The molecule has 4 rings (SSSR count). The van der Waals surface area contributed by atoms with Gasteiger partial charge in [0.1, 0.15) is 11.6 Å². The summed E-state index contributed by atoms with van der Waals surface area (Å²) in [6, 6.07) is 14.0. The van der Waals surface area contributed by atoms with Crippen LogP contribution in [0.1, 0.15) is 40.9 Å². The zero-order chi connectivity index (χ0) is 23.2. The van der Waals surface area contributed by atoms with E-state index in [1.807, 2.05) is 61.1 Å². The summed E-state index contributed by atoms with van der Waals surface area (Å²) in [5, 5.41) is 16.7. The van der Waals surface area contributed by atoms with Gasteiger partial charge in [-0.05, 0) is 61.6 Å². The Balaban J connectivity index is 1.38. The number of hydrogen-bond donors (Lipinski definition) is 1. The molecule has 0 spiro atoms. The van der Waals surface area contributed by atoms with Gasteiger partial charge in [-0.15, -0.1) is 0 Å². The third kappa shape index (κ3) is 5.60. The lowest BCUT2D eigenvalue weighted by Gasteiger charge is -2.14. The molecular formula is C26H29N5O2. The number of benzene rings is 1. The summed E-state index contributed by atoms with van der Waals surface area (Å²) in [6.45, 7) is 6.75. The number of carbonyl (C=O) groups excluding carboxylic acids is 1. The van der Waals surface area contributed by atoms with E-state index in [1.54, 1.807) is 12.3 Å². The van der Waals surface area contributed by atoms with Gasteiger partial charge >= 0.3 is 0 Å². The summed E-state index contributed by atoms with van der Waals surface area (Å²) in [5.74, 6) is -0.373. The molecule has 3 heterocycles. The van der Waals surface area contributed by atoms with Gasteiger partial charge in [0.05, 0.1) is 12.6 Å². The van der Waals surface area contributed by atoms with Crippen molar-refractivity contribution in [1.82, 2.24) is 19.7 Å². The maximum Gasteiger partial charge on any atom is 0.262 e. The van der Waals surface area contributed by atoms with Crippen molar-refractivity contribution in [3.05, 3.63) is 82.4 Å². The highest BCUT2D eigenvalue weighted by molar-refractivity contribution is 6.01. The van der Waals surface area contributed by atoms with Gasteiger partial charge in [0.15, 0.2) is 0 Å². The molecule has 1 N–H and O–H groups in total. The Bertz CT molecular complexity index is 1160. The molecule has 1 amide bonds. The van der Waals surface area contributed by atoms with E-state index in [0.29, 0.717) is 13.1 Å². The second kappa shape index (κ2) is 10.3. The van der Waals surface area contributed by atoms with Crippen LogP contribution < -0.4 is 5.32 Å². The first-order chi connectivity index (χ1) is 16.0. The number of nitriles is 1. The Kier molecular flexibility index (Phi) is 7.06. The van der Waals surface area contributed by atoms with Crippen LogP contribution in [0.15, 0.2) is 54.4 Å². The molecular weight excluding hydrogens is 414 g/mol. The molecule has 2 aromatic heterocycles. The van der Waals surface area contributed by atoms with Crippen LogP contribution in [0.3, 0.4) is 0 Å². The minimum atomic E-state index is -0.373. The maximum atomic E-state index is 12.7. The number of amides is 1. The van der Waals surface area contributed by atoms with E-state index in [0.717, 1.165) is 54.1 Å². The fraction of sp³-hybridized carbons (Fsp3) is 0.346. The molecule has 7 nitrogen and oxygen atoms in total. The quantitative estimate of drug-likeness (QED) is 0.424. The van der Waals surface area contributed by atoms with Crippen LogP contribution in [0, 0.1) is 25.2 Å². The van der Waals surface area contributed by atoms with E-state index in [1.165, 1.54) is 0 Å². The molecule has 0 radical (unpaired) electrons. The normalized spacial score (nSPS) is 16.0. The third-order valence-electron chi connectivity index (χ3n) is 6.07. The number of ether oxygens (including phenoxy) is 1. The van der Waals surface area contributed by atoms with Crippen LogP contribution in [0.4, 0.5) is 0 Å². The Morgan fingerprint density at radius 1 is 1.30 bits per heavy atom. The molecule has 1 aliphatic rings. The number of carbonyl (C=O) groups is 1. The van der Waals surface area contributed by atoms with Crippen LogP contribution in [0.5, 0.6) is 0 Å². The first-order valence-electron chi connectivity index (χ1n) is 11.3. The first kappa shape index (κ1) is 22.6. The minimum Gasteiger partial charge on any atom is -0.376 e. The van der Waals surface area contributed by atoms with Crippen molar-refractivity contribution in [3.63, 3.8) is 0 Å². The number of rotatable bonds is 8. The van der Waals surface area contributed by atoms with Gasteiger partial charge in [-0.2, -0.15) is 10.4 Å². The second-order valence-electron chi connectivity index (χ2n) is 8.44. The van der Waals surface area contributed by atoms with Gasteiger partial charge in [0, 0.05) is 43.5 Å². The average Bonchev–Trinajstić information content (AvgIpc) is 3.57. The fourth-order valence-electron chi connectivity index (χ4n) is 4.17. The van der Waals surface area contributed by atoms with Crippen molar-refractivity contribution in [2.45, 2.75) is 52.4 Å². The molecule has 0 saturated carbocycles.